The van der Waals surface area contributed by atoms with Gasteiger partial charge < -0.3 is 15.0 Å². The Morgan fingerprint density at radius 1 is 1.19 bits per heavy atom. The van der Waals surface area contributed by atoms with Crippen LogP contribution in [0.5, 0.6) is 0 Å². The van der Waals surface area contributed by atoms with Crippen molar-refractivity contribution in [2.24, 2.45) is 0 Å². The topological polar surface area (TPSA) is 44.8 Å². The number of nitrogens with zero attached hydrogens (tertiary/aromatic N) is 2. The van der Waals surface area contributed by atoms with Crippen LogP contribution in [0.1, 0.15) is 18.5 Å². The number of halogens is 1. The van der Waals surface area contributed by atoms with E-state index in [1.54, 1.807) is 0 Å². The molecule has 0 spiro atoms. The van der Waals surface area contributed by atoms with Crippen LogP contribution in [0.4, 0.5) is 11.4 Å². The summed E-state index contributed by atoms with van der Waals surface area (Å²) in [7, 11) is 1.93. The van der Waals surface area contributed by atoms with Gasteiger partial charge in [0.2, 0.25) is 5.91 Å². The van der Waals surface area contributed by atoms with E-state index in [1.807, 2.05) is 67.4 Å². The number of morpholine rings is 1. The summed E-state index contributed by atoms with van der Waals surface area (Å²) in [5.41, 5.74) is 2.97. The van der Waals surface area contributed by atoms with Crippen molar-refractivity contribution >= 4 is 28.9 Å². The fourth-order valence-corrected chi connectivity index (χ4v) is 3.49. The Morgan fingerprint density at radius 3 is 2.52 bits per heavy atom. The van der Waals surface area contributed by atoms with Crippen LogP contribution in [0.2, 0.25) is 5.02 Å². The Kier molecular flexibility index (Phi) is 6.72. The molecule has 0 aliphatic carbocycles. The monoisotopic (exact) mass is 387 g/mol. The molecule has 2 aromatic carbocycles. The molecule has 2 aromatic rings. The first-order valence-electron chi connectivity index (χ1n) is 9.22. The van der Waals surface area contributed by atoms with Gasteiger partial charge in [0.05, 0.1) is 19.8 Å². The molecule has 6 heteroatoms. The fourth-order valence-electron chi connectivity index (χ4n) is 3.19. The third-order valence-electron chi connectivity index (χ3n) is 4.94. The SMILES string of the molecule is C[C@H](c1ccccc1Cl)N(C)CC(=O)Nc1ccc(N2CCOCC2)cc1. The molecule has 27 heavy (non-hydrogen) atoms. The zero-order valence-corrected chi connectivity index (χ0v) is 16.6. The minimum atomic E-state index is -0.0458. The summed E-state index contributed by atoms with van der Waals surface area (Å²) >= 11 is 6.27. The van der Waals surface area contributed by atoms with Gasteiger partial charge >= 0.3 is 0 Å². The van der Waals surface area contributed by atoms with E-state index in [9.17, 15) is 4.79 Å². The number of benzene rings is 2. The Balaban J connectivity index is 1.54. The van der Waals surface area contributed by atoms with E-state index in [4.69, 9.17) is 16.3 Å². The third-order valence-corrected chi connectivity index (χ3v) is 5.28. The van der Waals surface area contributed by atoms with Crippen molar-refractivity contribution in [2.45, 2.75) is 13.0 Å². The number of carbonyl (C=O) groups excluding carboxylic acids is 1. The highest BCUT2D eigenvalue weighted by atomic mass is 35.5. The molecule has 0 unspecified atom stereocenters. The first-order chi connectivity index (χ1) is 13.0. The number of rotatable bonds is 6. The molecule has 1 atom stereocenters. The molecular formula is C21H26ClN3O2. The Bertz CT molecular complexity index is 760. The van der Waals surface area contributed by atoms with Gasteiger partial charge in [-0.05, 0) is 49.9 Å². The summed E-state index contributed by atoms with van der Waals surface area (Å²) in [6, 6.07) is 15.7. The molecule has 1 saturated heterocycles. The molecule has 3 rings (SSSR count). The van der Waals surface area contributed by atoms with Gasteiger partial charge in [-0.2, -0.15) is 0 Å². The molecule has 1 amide bonds. The second-order valence-electron chi connectivity index (χ2n) is 6.81. The largest absolute Gasteiger partial charge is 0.378 e. The quantitative estimate of drug-likeness (QED) is 0.818. The van der Waals surface area contributed by atoms with Crippen molar-refractivity contribution in [2.75, 3.05) is 50.1 Å². The predicted octanol–water partition coefficient (Wildman–Crippen LogP) is 3.81. The van der Waals surface area contributed by atoms with Crippen LogP contribution < -0.4 is 10.2 Å². The van der Waals surface area contributed by atoms with Gasteiger partial charge in [-0.3, -0.25) is 9.69 Å². The zero-order chi connectivity index (χ0) is 19.2. The molecule has 0 radical (unpaired) electrons. The average Bonchev–Trinajstić information content (AvgIpc) is 2.69. The highest BCUT2D eigenvalue weighted by Crippen LogP contribution is 2.26. The van der Waals surface area contributed by atoms with E-state index in [-0.39, 0.29) is 18.5 Å². The zero-order valence-electron chi connectivity index (χ0n) is 15.8. The Labute approximate surface area is 165 Å². The first kappa shape index (κ1) is 19.7. The average molecular weight is 388 g/mol. The molecule has 5 nitrogen and oxygen atoms in total. The Hall–Kier alpha value is -2.08. The van der Waals surface area contributed by atoms with Gasteiger partial charge in [0, 0.05) is 35.5 Å². The highest BCUT2D eigenvalue weighted by molar-refractivity contribution is 6.31. The lowest BCUT2D eigenvalue weighted by atomic mass is 10.1. The van der Waals surface area contributed by atoms with Gasteiger partial charge in [-0.25, -0.2) is 0 Å². The summed E-state index contributed by atoms with van der Waals surface area (Å²) in [5, 5.41) is 3.69. The van der Waals surface area contributed by atoms with E-state index < -0.39 is 0 Å². The summed E-state index contributed by atoms with van der Waals surface area (Å²) in [6.07, 6.45) is 0. The van der Waals surface area contributed by atoms with E-state index >= 15 is 0 Å². The van der Waals surface area contributed by atoms with Gasteiger partial charge in [-0.15, -0.1) is 0 Å². The van der Waals surface area contributed by atoms with E-state index in [0.717, 1.165) is 48.3 Å². The molecule has 1 heterocycles. The number of ether oxygens (including phenoxy) is 1. The second-order valence-corrected chi connectivity index (χ2v) is 7.21. The summed E-state index contributed by atoms with van der Waals surface area (Å²) in [5.74, 6) is -0.0458. The second kappa shape index (κ2) is 9.22. The van der Waals surface area contributed by atoms with Gasteiger partial charge in [0.15, 0.2) is 0 Å². The van der Waals surface area contributed by atoms with Crippen LogP contribution in [0.3, 0.4) is 0 Å². The summed E-state index contributed by atoms with van der Waals surface area (Å²) < 4.78 is 5.38. The summed E-state index contributed by atoms with van der Waals surface area (Å²) in [6.45, 7) is 5.65. The lowest BCUT2D eigenvalue weighted by molar-refractivity contribution is -0.117. The fraction of sp³-hybridized carbons (Fsp3) is 0.381. The number of amides is 1. The maximum Gasteiger partial charge on any atom is 0.238 e. The molecule has 1 fully saturated rings. The molecule has 0 saturated carbocycles. The van der Waals surface area contributed by atoms with Gasteiger partial charge in [-0.1, -0.05) is 29.8 Å². The molecule has 1 N–H and O–H groups in total. The number of hydrogen-bond donors (Lipinski definition) is 1. The molecule has 1 aliphatic heterocycles. The minimum Gasteiger partial charge on any atom is -0.378 e. The lowest BCUT2D eigenvalue weighted by Crippen LogP contribution is -2.36. The smallest absolute Gasteiger partial charge is 0.238 e. The Morgan fingerprint density at radius 2 is 1.85 bits per heavy atom. The van der Waals surface area contributed by atoms with Crippen molar-refractivity contribution in [1.29, 1.82) is 0 Å². The van der Waals surface area contributed by atoms with E-state index in [1.165, 1.54) is 0 Å². The minimum absolute atomic E-state index is 0.0458. The summed E-state index contributed by atoms with van der Waals surface area (Å²) in [4.78, 5) is 16.7. The molecule has 0 aromatic heterocycles. The van der Waals surface area contributed by atoms with Crippen LogP contribution >= 0.6 is 11.6 Å². The first-order valence-corrected chi connectivity index (χ1v) is 9.59. The lowest BCUT2D eigenvalue weighted by Gasteiger charge is -2.29. The van der Waals surface area contributed by atoms with E-state index in [2.05, 4.69) is 10.2 Å². The maximum atomic E-state index is 12.4. The highest BCUT2D eigenvalue weighted by Gasteiger charge is 2.17. The van der Waals surface area contributed by atoms with Crippen LogP contribution in [0, 0.1) is 0 Å². The number of carbonyl (C=O) groups is 1. The van der Waals surface area contributed by atoms with Crippen molar-refractivity contribution < 1.29 is 9.53 Å². The number of likely N-dealkylation sites (N-methyl/N-ethyl adjacent to an activating group) is 1. The number of hydrogen-bond acceptors (Lipinski definition) is 4. The van der Waals surface area contributed by atoms with Gasteiger partial charge in [0.25, 0.3) is 0 Å². The van der Waals surface area contributed by atoms with Crippen molar-refractivity contribution in [3.63, 3.8) is 0 Å². The van der Waals surface area contributed by atoms with Crippen molar-refractivity contribution in [3.05, 3.63) is 59.1 Å². The molecule has 144 valence electrons. The number of anilines is 2. The number of nitrogens with one attached hydrogen (secondary N) is 1. The third kappa shape index (κ3) is 5.22. The van der Waals surface area contributed by atoms with Crippen LogP contribution in [-0.4, -0.2) is 50.7 Å². The van der Waals surface area contributed by atoms with Crippen LogP contribution in [-0.2, 0) is 9.53 Å². The van der Waals surface area contributed by atoms with Crippen molar-refractivity contribution in [3.8, 4) is 0 Å². The molecule has 1 aliphatic rings. The van der Waals surface area contributed by atoms with Crippen molar-refractivity contribution in [1.82, 2.24) is 4.90 Å². The maximum absolute atomic E-state index is 12.4. The normalized spacial score (nSPS) is 15.6. The molecular weight excluding hydrogens is 362 g/mol. The van der Waals surface area contributed by atoms with Crippen LogP contribution in [0.25, 0.3) is 0 Å². The van der Waals surface area contributed by atoms with Crippen LogP contribution in [0.15, 0.2) is 48.5 Å². The predicted molar refractivity (Wildman–Crippen MR) is 111 cm³/mol. The van der Waals surface area contributed by atoms with Gasteiger partial charge in [0.1, 0.15) is 0 Å². The molecule has 0 bridgehead atoms. The van der Waals surface area contributed by atoms with E-state index in [0.29, 0.717) is 0 Å². The standard InChI is InChI=1S/C21H26ClN3O2/c1-16(19-5-3-4-6-20(19)22)24(2)15-21(26)23-17-7-9-18(10-8-17)25-11-13-27-14-12-25/h3-10,16H,11-15H2,1-2H3,(H,23,26)/t16-/m1/s1.